The molecule has 0 saturated heterocycles. The van der Waals surface area contributed by atoms with Crippen LogP contribution in [-0.4, -0.2) is 20.1 Å². The molecule has 0 aliphatic heterocycles. The van der Waals surface area contributed by atoms with Crippen molar-refractivity contribution in [3.63, 3.8) is 0 Å². The molecule has 136 valence electrons. The van der Waals surface area contributed by atoms with Crippen molar-refractivity contribution >= 4 is 27.3 Å². The number of para-hydroxylation sites is 1. The van der Waals surface area contributed by atoms with Crippen molar-refractivity contribution in [2.75, 3.05) is 15.8 Å². The zero-order chi connectivity index (χ0) is 18.1. The molecule has 0 bridgehead atoms. The SMILES string of the molecule is O=C(CS(=O)(=O)Nc1ccccc1)Nc1c2c(cc3c1CCC3)CCC2. The van der Waals surface area contributed by atoms with E-state index in [9.17, 15) is 13.2 Å². The second-order valence-electron chi connectivity index (χ2n) is 7.01. The number of rotatable bonds is 5. The molecule has 1 amide bonds. The number of sulfonamides is 1. The van der Waals surface area contributed by atoms with Crippen molar-refractivity contribution in [1.29, 1.82) is 0 Å². The van der Waals surface area contributed by atoms with Gasteiger partial charge >= 0.3 is 0 Å². The molecule has 2 aromatic carbocycles. The molecule has 2 aromatic rings. The Hall–Kier alpha value is -2.34. The summed E-state index contributed by atoms with van der Waals surface area (Å²) in [5, 5.41) is 2.93. The molecule has 0 heterocycles. The van der Waals surface area contributed by atoms with Crippen molar-refractivity contribution in [3.8, 4) is 0 Å². The van der Waals surface area contributed by atoms with E-state index in [0.29, 0.717) is 5.69 Å². The summed E-state index contributed by atoms with van der Waals surface area (Å²) in [6.07, 6.45) is 6.17. The number of fused-ring (bicyclic) bond motifs is 2. The molecule has 26 heavy (non-hydrogen) atoms. The van der Waals surface area contributed by atoms with Crippen LogP contribution in [0.3, 0.4) is 0 Å². The van der Waals surface area contributed by atoms with E-state index in [2.05, 4.69) is 16.1 Å². The van der Waals surface area contributed by atoms with Gasteiger partial charge in [-0.1, -0.05) is 24.3 Å². The number of hydrogen-bond donors (Lipinski definition) is 2. The van der Waals surface area contributed by atoms with E-state index in [4.69, 9.17) is 0 Å². The van der Waals surface area contributed by atoms with Crippen LogP contribution < -0.4 is 10.0 Å². The van der Waals surface area contributed by atoms with Gasteiger partial charge in [-0.05, 0) is 72.9 Å². The van der Waals surface area contributed by atoms with Gasteiger partial charge in [-0.15, -0.1) is 0 Å². The highest BCUT2D eigenvalue weighted by Gasteiger charge is 2.26. The van der Waals surface area contributed by atoms with E-state index in [-0.39, 0.29) is 0 Å². The van der Waals surface area contributed by atoms with Gasteiger partial charge in [0.1, 0.15) is 5.75 Å². The van der Waals surface area contributed by atoms with Gasteiger partial charge in [-0.3, -0.25) is 9.52 Å². The Morgan fingerprint density at radius 2 is 1.54 bits per heavy atom. The number of benzene rings is 2. The van der Waals surface area contributed by atoms with Crippen LogP contribution in [-0.2, 0) is 40.5 Å². The number of carbonyl (C=O) groups excluding carboxylic acids is 1. The monoisotopic (exact) mass is 370 g/mol. The van der Waals surface area contributed by atoms with E-state index in [1.165, 1.54) is 22.3 Å². The summed E-state index contributed by atoms with van der Waals surface area (Å²) >= 11 is 0. The number of carbonyl (C=O) groups is 1. The molecule has 0 unspecified atom stereocenters. The van der Waals surface area contributed by atoms with Crippen LogP contribution in [0.4, 0.5) is 11.4 Å². The van der Waals surface area contributed by atoms with E-state index in [0.717, 1.165) is 44.2 Å². The fourth-order valence-electron chi connectivity index (χ4n) is 4.04. The van der Waals surface area contributed by atoms with Gasteiger partial charge in [-0.25, -0.2) is 8.42 Å². The Morgan fingerprint density at radius 3 is 2.15 bits per heavy atom. The molecule has 0 spiro atoms. The molecule has 2 aliphatic carbocycles. The zero-order valence-electron chi connectivity index (χ0n) is 14.5. The molecule has 0 aromatic heterocycles. The Morgan fingerprint density at radius 1 is 0.923 bits per heavy atom. The van der Waals surface area contributed by atoms with Gasteiger partial charge in [-0.2, -0.15) is 0 Å². The lowest BCUT2D eigenvalue weighted by Gasteiger charge is -2.16. The summed E-state index contributed by atoms with van der Waals surface area (Å²) in [4.78, 5) is 12.5. The lowest BCUT2D eigenvalue weighted by Crippen LogP contribution is -2.28. The molecule has 5 nitrogen and oxygen atoms in total. The van der Waals surface area contributed by atoms with E-state index < -0.39 is 21.7 Å². The highest BCUT2D eigenvalue weighted by Crippen LogP contribution is 2.38. The summed E-state index contributed by atoms with van der Waals surface area (Å²) in [7, 11) is -3.74. The fraction of sp³-hybridized carbons (Fsp3) is 0.350. The minimum absolute atomic E-state index is 0.460. The lowest BCUT2D eigenvalue weighted by atomic mass is 9.98. The van der Waals surface area contributed by atoms with Crippen LogP contribution in [0.25, 0.3) is 0 Å². The van der Waals surface area contributed by atoms with Crippen LogP contribution >= 0.6 is 0 Å². The van der Waals surface area contributed by atoms with E-state index >= 15 is 0 Å². The van der Waals surface area contributed by atoms with E-state index in [1.807, 2.05) is 0 Å². The summed E-state index contributed by atoms with van der Waals surface area (Å²) < 4.78 is 27.0. The van der Waals surface area contributed by atoms with Crippen LogP contribution in [0.2, 0.25) is 0 Å². The minimum atomic E-state index is -3.74. The molecule has 0 atom stereocenters. The first kappa shape index (κ1) is 17.1. The number of amides is 1. The van der Waals surface area contributed by atoms with Crippen molar-refractivity contribution in [2.24, 2.45) is 0 Å². The number of aryl methyl sites for hydroxylation is 2. The molecule has 0 fully saturated rings. The van der Waals surface area contributed by atoms with Gasteiger partial charge in [0.05, 0.1) is 0 Å². The Bertz CT molecular complexity index is 921. The maximum absolute atomic E-state index is 12.5. The number of nitrogens with one attached hydrogen (secondary N) is 2. The fourth-order valence-corrected chi connectivity index (χ4v) is 5.02. The average Bonchev–Trinajstić information content (AvgIpc) is 3.23. The first-order valence-corrected chi connectivity index (χ1v) is 10.7. The third-order valence-electron chi connectivity index (χ3n) is 5.11. The maximum atomic E-state index is 12.5. The summed E-state index contributed by atoms with van der Waals surface area (Å²) in [6, 6.07) is 10.9. The third-order valence-corrected chi connectivity index (χ3v) is 6.29. The quantitative estimate of drug-likeness (QED) is 0.849. The van der Waals surface area contributed by atoms with Gasteiger partial charge in [0.2, 0.25) is 15.9 Å². The molecule has 0 saturated carbocycles. The first-order chi connectivity index (χ1) is 12.5. The van der Waals surface area contributed by atoms with Gasteiger partial charge in [0, 0.05) is 11.4 Å². The van der Waals surface area contributed by atoms with Crippen LogP contribution in [0.15, 0.2) is 36.4 Å². The highest BCUT2D eigenvalue weighted by molar-refractivity contribution is 7.93. The predicted molar refractivity (Wildman–Crippen MR) is 103 cm³/mol. The average molecular weight is 370 g/mol. The molecule has 2 aliphatic rings. The molecule has 0 radical (unpaired) electrons. The normalized spacial score (nSPS) is 15.4. The second-order valence-corrected chi connectivity index (χ2v) is 8.73. The summed E-state index contributed by atoms with van der Waals surface area (Å²) in [5.41, 5.74) is 6.37. The second kappa shape index (κ2) is 6.76. The van der Waals surface area contributed by atoms with Gasteiger partial charge in [0.25, 0.3) is 0 Å². The molecule has 2 N–H and O–H groups in total. The predicted octanol–water partition coefficient (Wildman–Crippen LogP) is 3.04. The largest absolute Gasteiger partial charge is 0.325 e. The maximum Gasteiger partial charge on any atom is 0.241 e. The number of anilines is 2. The molecular weight excluding hydrogens is 348 g/mol. The molecule has 4 rings (SSSR count). The Balaban J connectivity index is 1.52. The topological polar surface area (TPSA) is 75.3 Å². The minimum Gasteiger partial charge on any atom is -0.325 e. The summed E-state index contributed by atoms with van der Waals surface area (Å²) in [5.74, 6) is -1.07. The van der Waals surface area contributed by atoms with Crippen molar-refractivity contribution in [2.45, 2.75) is 38.5 Å². The third kappa shape index (κ3) is 3.46. The van der Waals surface area contributed by atoms with Crippen LogP contribution in [0.1, 0.15) is 35.1 Å². The van der Waals surface area contributed by atoms with E-state index in [1.54, 1.807) is 30.3 Å². The zero-order valence-corrected chi connectivity index (χ0v) is 15.4. The first-order valence-electron chi connectivity index (χ1n) is 9.04. The molecule has 6 heteroatoms. The van der Waals surface area contributed by atoms with Crippen molar-refractivity contribution in [1.82, 2.24) is 0 Å². The van der Waals surface area contributed by atoms with Gasteiger partial charge < -0.3 is 5.32 Å². The Labute approximate surface area is 153 Å². The van der Waals surface area contributed by atoms with Crippen LogP contribution in [0, 0.1) is 0 Å². The van der Waals surface area contributed by atoms with Crippen molar-refractivity contribution < 1.29 is 13.2 Å². The molecular formula is C20H22N2O3S. The lowest BCUT2D eigenvalue weighted by molar-refractivity contribution is -0.113. The van der Waals surface area contributed by atoms with Crippen molar-refractivity contribution in [3.05, 3.63) is 58.7 Å². The highest BCUT2D eigenvalue weighted by atomic mass is 32.2. The Kier molecular flexibility index (Phi) is 4.44. The summed E-state index contributed by atoms with van der Waals surface area (Å²) in [6.45, 7) is 0. The smallest absolute Gasteiger partial charge is 0.241 e. The standard InChI is InChI=1S/C20H22N2O3S/c23-19(13-26(24,25)22-16-8-2-1-3-9-16)21-20-17-10-4-6-14(17)12-15-7-5-11-18(15)20/h1-3,8-9,12,22H,4-7,10-11,13H2,(H,21,23). The van der Waals surface area contributed by atoms with Crippen LogP contribution in [0.5, 0.6) is 0 Å². The number of hydrogen-bond acceptors (Lipinski definition) is 3. The van der Waals surface area contributed by atoms with Gasteiger partial charge in [0.15, 0.2) is 0 Å².